The molecule has 0 spiro atoms. The van der Waals surface area contributed by atoms with Crippen molar-refractivity contribution in [2.45, 2.75) is 17.7 Å². The van der Waals surface area contributed by atoms with Crippen LogP contribution in [0.4, 0.5) is 5.69 Å². The predicted molar refractivity (Wildman–Crippen MR) is 109 cm³/mol. The molecular weight excluding hydrogens is 443 g/mol. The van der Waals surface area contributed by atoms with Crippen molar-refractivity contribution in [3.05, 3.63) is 52.5 Å². The van der Waals surface area contributed by atoms with E-state index in [0.29, 0.717) is 27.9 Å². The minimum Gasteiger partial charge on any atom is -0.492 e. The number of anilines is 1. The standard InChI is InChI=1S/C18H18Cl2N2O6S/c19-12-3-8-16(15(20)10-12)27-9-1-2-18(24)28-11-17(23)22-13-4-6-14(7-5-13)29(21,25)26/h3-8,10H,1-2,9,11H2,(H,22,23)(H2,21,25,26). The van der Waals surface area contributed by atoms with Gasteiger partial charge in [-0.1, -0.05) is 23.2 Å². The number of carbonyl (C=O) groups excluding carboxylic acids is 2. The second-order valence-electron chi connectivity index (χ2n) is 5.81. The third-order valence-corrected chi connectivity index (χ3v) is 4.97. The number of hydrogen-bond donors (Lipinski definition) is 2. The first-order chi connectivity index (χ1) is 13.6. The van der Waals surface area contributed by atoms with Crippen molar-refractivity contribution in [2.24, 2.45) is 5.14 Å². The van der Waals surface area contributed by atoms with Crippen LogP contribution in [0.3, 0.4) is 0 Å². The van der Waals surface area contributed by atoms with Gasteiger partial charge in [0.05, 0.1) is 16.5 Å². The summed E-state index contributed by atoms with van der Waals surface area (Å²) in [5, 5.41) is 8.33. The number of amides is 1. The molecule has 0 aromatic heterocycles. The van der Waals surface area contributed by atoms with Gasteiger partial charge in [-0.05, 0) is 48.9 Å². The smallest absolute Gasteiger partial charge is 0.306 e. The van der Waals surface area contributed by atoms with Crippen molar-refractivity contribution >= 4 is 50.8 Å². The van der Waals surface area contributed by atoms with E-state index in [1.165, 1.54) is 24.3 Å². The van der Waals surface area contributed by atoms with Crippen molar-refractivity contribution in [2.75, 3.05) is 18.5 Å². The van der Waals surface area contributed by atoms with Gasteiger partial charge in [-0.3, -0.25) is 9.59 Å². The second kappa shape index (κ2) is 10.4. The Bertz CT molecular complexity index is 980. The van der Waals surface area contributed by atoms with Gasteiger partial charge in [0, 0.05) is 17.1 Å². The molecule has 0 bridgehead atoms. The molecule has 0 aliphatic heterocycles. The molecule has 0 radical (unpaired) electrons. The third kappa shape index (κ3) is 7.90. The Balaban J connectivity index is 1.67. The van der Waals surface area contributed by atoms with Crippen molar-refractivity contribution in [3.63, 3.8) is 0 Å². The number of sulfonamides is 1. The van der Waals surface area contributed by atoms with Crippen LogP contribution in [0.5, 0.6) is 5.75 Å². The molecule has 0 fully saturated rings. The number of benzene rings is 2. The van der Waals surface area contributed by atoms with Crippen LogP contribution in [-0.4, -0.2) is 33.5 Å². The highest BCUT2D eigenvalue weighted by Crippen LogP contribution is 2.27. The quantitative estimate of drug-likeness (QED) is 0.437. The number of nitrogens with one attached hydrogen (secondary N) is 1. The van der Waals surface area contributed by atoms with E-state index < -0.39 is 28.5 Å². The SMILES string of the molecule is NS(=O)(=O)c1ccc(NC(=O)COC(=O)CCCOc2ccc(Cl)cc2Cl)cc1. The van der Waals surface area contributed by atoms with Crippen LogP contribution in [0, 0.1) is 0 Å². The predicted octanol–water partition coefficient (Wildman–Crippen LogP) is 2.98. The highest BCUT2D eigenvalue weighted by Gasteiger charge is 2.10. The number of halogens is 2. The minimum absolute atomic E-state index is 0.0571. The van der Waals surface area contributed by atoms with Gasteiger partial charge < -0.3 is 14.8 Å². The highest BCUT2D eigenvalue weighted by atomic mass is 35.5. The summed E-state index contributed by atoms with van der Waals surface area (Å²) >= 11 is 11.8. The van der Waals surface area contributed by atoms with E-state index in [1.807, 2.05) is 0 Å². The lowest BCUT2D eigenvalue weighted by molar-refractivity contribution is -0.147. The Morgan fingerprint density at radius 3 is 2.38 bits per heavy atom. The number of esters is 1. The topological polar surface area (TPSA) is 125 Å². The van der Waals surface area contributed by atoms with Crippen LogP contribution in [0.2, 0.25) is 10.0 Å². The number of rotatable bonds is 9. The summed E-state index contributed by atoms with van der Waals surface area (Å²) in [5.41, 5.74) is 0.340. The maximum absolute atomic E-state index is 11.8. The lowest BCUT2D eigenvalue weighted by Crippen LogP contribution is -2.21. The zero-order valence-electron chi connectivity index (χ0n) is 15.1. The molecule has 2 aromatic rings. The number of primary sulfonamides is 1. The fourth-order valence-electron chi connectivity index (χ4n) is 2.13. The van der Waals surface area contributed by atoms with Crippen LogP contribution in [0.15, 0.2) is 47.4 Å². The highest BCUT2D eigenvalue weighted by molar-refractivity contribution is 7.89. The van der Waals surface area contributed by atoms with Crippen molar-refractivity contribution in [3.8, 4) is 5.75 Å². The Labute approximate surface area is 177 Å². The van der Waals surface area contributed by atoms with E-state index >= 15 is 0 Å². The molecule has 2 rings (SSSR count). The van der Waals surface area contributed by atoms with Gasteiger partial charge in [-0.15, -0.1) is 0 Å². The largest absolute Gasteiger partial charge is 0.492 e. The number of ether oxygens (including phenoxy) is 2. The summed E-state index contributed by atoms with van der Waals surface area (Å²) < 4.78 is 32.7. The Hall–Kier alpha value is -2.33. The van der Waals surface area contributed by atoms with Crippen molar-refractivity contribution in [1.29, 1.82) is 0 Å². The van der Waals surface area contributed by atoms with E-state index in [-0.39, 0.29) is 17.9 Å². The molecule has 0 heterocycles. The monoisotopic (exact) mass is 460 g/mol. The molecule has 3 N–H and O–H groups in total. The first-order valence-corrected chi connectivity index (χ1v) is 10.6. The Kier molecular flexibility index (Phi) is 8.27. The van der Waals surface area contributed by atoms with E-state index in [2.05, 4.69) is 5.32 Å². The molecule has 1 amide bonds. The van der Waals surface area contributed by atoms with Crippen molar-refractivity contribution in [1.82, 2.24) is 0 Å². The van der Waals surface area contributed by atoms with E-state index in [9.17, 15) is 18.0 Å². The lowest BCUT2D eigenvalue weighted by Gasteiger charge is -2.09. The van der Waals surface area contributed by atoms with Gasteiger partial charge in [-0.2, -0.15) is 0 Å². The first-order valence-electron chi connectivity index (χ1n) is 8.31. The van der Waals surface area contributed by atoms with Gasteiger partial charge in [0.15, 0.2) is 6.61 Å². The zero-order chi connectivity index (χ0) is 21.4. The van der Waals surface area contributed by atoms with Gasteiger partial charge in [0.25, 0.3) is 5.91 Å². The molecule has 8 nitrogen and oxygen atoms in total. The van der Waals surface area contributed by atoms with Gasteiger partial charge in [0.1, 0.15) is 5.75 Å². The molecule has 0 saturated carbocycles. The molecule has 11 heteroatoms. The Morgan fingerprint density at radius 1 is 1.07 bits per heavy atom. The zero-order valence-corrected chi connectivity index (χ0v) is 17.4. The summed E-state index contributed by atoms with van der Waals surface area (Å²) in [6.07, 6.45) is 0.427. The molecule has 0 unspecified atom stereocenters. The number of hydrogen-bond acceptors (Lipinski definition) is 6. The van der Waals surface area contributed by atoms with E-state index in [0.717, 1.165) is 0 Å². The maximum Gasteiger partial charge on any atom is 0.306 e. The summed E-state index contributed by atoms with van der Waals surface area (Å²) in [6, 6.07) is 10.1. The Morgan fingerprint density at radius 2 is 1.76 bits per heavy atom. The normalized spacial score (nSPS) is 11.0. The van der Waals surface area contributed by atoms with Crippen LogP contribution in [-0.2, 0) is 24.3 Å². The molecule has 0 aliphatic carbocycles. The van der Waals surface area contributed by atoms with E-state index in [4.69, 9.17) is 37.8 Å². The summed E-state index contributed by atoms with van der Waals surface area (Å²) in [4.78, 5) is 23.4. The fourth-order valence-corrected chi connectivity index (χ4v) is 3.11. The second-order valence-corrected chi connectivity index (χ2v) is 8.21. The fraction of sp³-hybridized carbons (Fsp3) is 0.222. The number of carbonyl (C=O) groups is 2. The van der Waals surface area contributed by atoms with Crippen LogP contribution >= 0.6 is 23.2 Å². The third-order valence-electron chi connectivity index (χ3n) is 3.51. The molecule has 29 heavy (non-hydrogen) atoms. The van der Waals surface area contributed by atoms with E-state index in [1.54, 1.807) is 18.2 Å². The summed E-state index contributed by atoms with van der Waals surface area (Å²) in [6.45, 7) is -0.237. The molecule has 0 atom stereocenters. The molecule has 2 aromatic carbocycles. The summed E-state index contributed by atoms with van der Waals surface area (Å²) in [7, 11) is -3.81. The first kappa shape index (κ1) is 23.0. The number of nitrogens with two attached hydrogens (primary N) is 1. The summed E-state index contributed by atoms with van der Waals surface area (Å²) in [5.74, 6) is -0.668. The molecular formula is C18H18Cl2N2O6S. The molecule has 0 saturated heterocycles. The van der Waals surface area contributed by atoms with Crippen LogP contribution in [0.25, 0.3) is 0 Å². The van der Waals surface area contributed by atoms with Crippen molar-refractivity contribution < 1.29 is 27.5 Å². The average Bonchev–Trinajstić information content (AvgIpc) is 2.64. The lowest BCUT2D eigenvalue weighted by atomic mass is 10.3. The maximum atomic E-state index is 11.8. The van der Waals surface area contributed by atoms with Gasteiger partial charge in [-0.25, -0.2) is 13.6 Å². The molecule has 156 valence electrons. The average molecular weight is 461 g/mol. The van der Waals surface area contributed by atoms with Crippen LogP contribution < -0.4 is 15.2 Å². The molecule has 0 aliphatic rings. The van der Waals surface area contributed by atoms with Gasteiger partial charge in [0.2, 0.25) is 10.0 Å². The van der Waals surface area contributed by atoms with Crippen LogP contribution in [0.1, 0.15) is 12.8 Å². The minimum atomic E-state index is -3.81. The van der Waals surface area contributed by atoms with Gasteiger partial charge >= 0.3 is 5.97 Å².